The lowest BCUT2D eigenvalue weighted by Crippen LogP contribution is -2.55. The molecule has 1 aromatic heterocycles. The van der Waals surface area contributed by atoms with Crippen molar-refractivity contribution in [2.75, 3.05) is 39.9 Å². The highest BCUT2D eigenvalue weighted by Gasteiger charge is 2.42. The number of hydrogen-bond donors (Lipinski definition) is 0. The van der Waals surface area contributed by atoms with Gasteiger partial charge < -0.3 is 14.5 Å². The standard InChI is InChI=1S/C19H28N4O3/c1-3-16-20-11-15(12-21-16)18(25)23-8-4-6-19(14-23)7-5-17(24)22(13-19)9-10-26-2/h11-12H,3-10,13-14H2,1-2H3/t19-/m1/s1. The number of methoxy groups -OCH3 is 1. The summed E-state index contributed by atoms with van der Waals surface area (Å²) in [7, 11) is 1.65. The number of hydrogen-bond acceptors (Lipinski definition) is 5. The second-order valence-electron chi connectivity index (χ2n) is 7.38. The highest BCUT2D eigenvalue weighted by atomic mass is 16.5. The Hall–Kier alpha value is -2.02. The van der Waals surface area contributed by atoms with Crippen molar-refractivity contribution >= 4 is 11.8 Å². The minimum Gasteiger partial charge on any atom is -0.383 e. The second kappa shape index (κ2) is 8.12. The molecule has 2 aliphatic heterocycles. The van der Waals surface area contributed by atoms with Gasteiger partial charge >= 0.3 is 0 Å². The number of rotatable bonds is 5. The molecule has 142 valence electrons. The molecular formula is C19H28N4O3. The molecule has 7 heteroatoms. The fourth-order valence-corrected chi connectivity index (χ4v) is 4.05. The summed E-state index contributed by atoms with van der Waals surface area (Å²) in [5.41, 5.74) is 0.544. The van der Waals surface area contributed by atoms with E-state index in [1.165, 1.54) is 0 Å². The van der Waals surface area contributed by atoms with E-state index in [1.54, 1.807) is 19.5 Å². The molecule has 1 spiro atoms. The van der Waals surface area contributed by atoms with E-state index >= 15 is 0 Å². The van der Waals surface area contributed by atoms with Gasteiger partial charge in [0.2, 0.25) is 5.91 Å². The van der Waals surface area contributed by atoms with E-state index in [2.05, 4.69) is 9.97 Å². The summed E-state index contributed by atoms with van der Waals surface area (Å²) >= 11 is 0. The maximum atomic E-state index is 12.9. The first kappa shape index (κ1) is 18.8. The SMILES string of the molecule is CCc1ncc(C(=O)N2CCC[C@]3(CCC(=O)N(CCOC)C3)C2)cn1. The van der Waals surface area contributed by atoms with Gasteiger partial charge in [-0.25, -0.2) is 9.97 Å². The minimum absolute atomic E-state index is 0.000220. The first-order valence-corrected chi connectivity index (χ1v) is 9.44. The van der Waals surface area contributed by atoms with Crippen molar-refractivity contribution in [2.24, 2.45) is 5.41 Å². The van der Waals surface area contributed by atoms with Crippen molar-refractivity contribution in [3.05, 3.63) is 23.8 Å². The molecule has 0 aliphatic carbocycles. The van der Waals surface area contributed by atoms with E-state index in [0.29, 0.717) is 38.2 Å². The molecule has 0 N–H and O–H groups in total. The van der Waals surface area contributed by atoms with Gasteiger partial charge in [0, 0.05) is 63.9 Å². The Labute approximate surface area is 154 Å². The Bertz CT molecular complexity index is 649. The van der Waals surface area contributed by atoms with Gasteiger partial charge in [0.05, 0.1) is 12.2 Å². The maximum absolute atomic E-state index is 12.9. The highest BCUT2D eigenvalue weighted by molar-refractivity contribution is 5.93. The number of nitrogens with zero attached hydrogens (tertiary/aromatic N) is 4. The first-order chi connectivity index (χ1) is 12.6. The number of carbonyl (C=O) groups is 2. The molecule has 0 unspecified atom stereocenters. The summed E-state index contributed by atoms with van der Waals surface area (Å²) in [6, 6.07) is 0. The number of ether oxygens (including phenoxy) is 1. The Morgan fingerprint density at radius 3 is 2.73 bits per heavy atom. The quantitative estimate of drug-likeness (QED) is 0.796. The van der Waals surface area contributed by atoms with Gasteiger partial charge in [-0.15, -0.1) is 0 Å². The van der Waals surface area contributed by atoms with Gasteiger partial charge in [-0.2, -0.15) is 0 Å². The normalized spacial score (nSPS) is 23.5. The lowest BCUT2D eigenvalue weighted by Gasteiger charge is -2.48. The number of amides is 2. The van der Waals surface area contributed by atoms with Gasteiger partial charge in [-0.3, -0.25) is 9.59 Å². The van der Waals surface area contributed by atoms with Crippen LogP contribution in [0.2, 0.25) is 0 Å². The summed E-state index contributed by atoms with van der Waals surface area (Å²) in [4.78, 5) is 37.4. The van der Waals surface area contributed by atoms with Crippen LogP contribution < -0.4 is 0 Å². The van der Waals surface area contributed by atoms with Crippen molar-refractivity contribution in [1.82, 2.24) is 19.8 Å². The second-order valence-corrected chi connectivity index (χ2v) is 7.38. The first-order valence-electron chi connectivity index (χ1n) is 9.44. The molecule has 0 aromatic carbocycles. The number of aryl methyl sites for hydroxylation is 1. The third-order valence-corrected chi connectivity index (χ3v) is 5.53. The smallest absolute Gasteiger partial charge is 0.257 e. The van der Waals surface area contributed by atoms with Gasteiger partial charge in [-0.05, 0) is 19.3 Å². The molecular weight excluding hydrogens is 332 g/mol. The van der Waals surface area contributed by atoms with Gasteiger partial charge in [-0.1, -0.05) is 6.92 Å². The third kappa shape index (κ3) is 4.03. The Balaban J connectivity index is 1.69. The average Bonchev–Trinajstić information content (AvgIpc) is 2.68. The third-order valence-electron chi connectivity index (χ3n) is 5.53. The van der Waals surface area contributed by atoms with Crippen LogP contribution >= 0.6 is 0 Å². The van der Waals surface area contributed by atoms with Crippen molar-refractivity contribution in [2.45, 2.75) is 39.0 Å². The lowest BCUT2D eigenvalue weighted by atomic mass is 9.73. The molecule has 2 saturated heterocycles. The van der Waals surface area contributed by atoms with Crippen molar-refractivity contribution in [3.8, 4) is 0 Å². The molecule has 26 heavy (non-hydrogen) atoms. The lowest BCUT2D eigenvalue weighted by molar-refractivity contribution is -0.139. The minimum atomic E-state index is -0.00734. The van der Waals surface area contributed by atoms with Crippen LogP contribution in [0.4, 0.5) is 0 Å². The zero-order valence-corrected chi connectivity index (χ0v) is 15.7. The van der Waals surface area contributed by atoms with Gasteiger partial charge in [0.15, 0.2) is 0 Å². The fourth-order valence-electron chi connectivity index (χ4n) is 4.05. The molecule has 1 aromatic rings. The molecule has 2 fully saturated rings. The van der Waals surface area contributed by atoms with Crippen LogP contribution in [0.15, 0.2) is 12.4 Å². The molecule has 0 radical (unpaired) electrons. The van der Waals surface area contributed by atoms with Crippen LogP contribution in [0, 0.1) is 5.41 Å². The summed E-state index contributed by atoms with van der Waals surface area (Å²) < 4.78 is 5.13. The fraction of sp³-hybridized carbons (Fsp3) is 0.684. The van der Waals surface area contributed by atoms with Crippen LogP contribution in [-0.4, -0.2) is 71.5 Å². The Morgan fingerprint density at radius 1 is 1.27 bits per heavy atom. The average molecular weight is 360 g/mol. The summed E-state index contributed by atoms with van der Waals surface area (Å²) in [6.07, 6.45) is 7.44. The molecule has 3 heterocycles. The van der Waals surface area contributed by atoms with Gasteiger partial charge in [0.1, 0.15) is 5.82 Å². The summed E-state index contributed by atoms with van der Waals surface area (Å²) in [6.45, 7) is 5.32. The van der Waals surface area contributed by atoms with Crippen molar-refractivity contribution in [1.29, 1.82) is 0 Å². The molecule has 2 aliphatic rings. The molecule has 0 bridgehead atoms. The van der Waals surface area contributed by atoms with Gasteiger partial charge in [0.25, 0.3) is 5.91 Å². The zero-order valence-electron chi connectivity index (χ0n) is 15.7. The molecule has 0 saturated carbocycles. The zero-order chi connectivity index (χ0) is 18.6. The predicted octanol–water partition coefficient (Wildman–Crippen LogP) is 1.53. The molecule has 7 nitrogen and oxygen atoms in total. The van der Waals surface area contributed by atoms with E-state index in [4.69, 9.17) is 4.74 Å². The molecule has 2 amide bonds. The molecule has 1 atom stereocenters. The Kier molecular flexibility index (Phi) is 5.86. The van der Waals surface area contributed by atoms with Crippen LogP contribution in [0.5, 0.6) is 0 Å². The van der Waals surface area contributed by atoms with Crippen molar-refractivity contribution in [3.63, 3.8) is 0 Å². The number of aromatic nitrogens is 2. The van der Waals surface area contributed by atoms with E-state index in [0.717, 1.165) is 38.1 Å². The van der Waals surface area contributed by atoms with E-state index in [-0.39, 0.29) is 17.2 Å². The number of likely N-dealkylation sites (tertiary alicyclic amines) is 2. The topological polar surface area (TPSA) is 75.6 Å². The summed E-state index contributed by atoms with van der Waals surface area (Å²) in [5, 5.41) is 0. The predicted molar refractivity (Wildman–Crippen MR) is 96.7 cm³/mol. The maximum Gasteiger partial charge on any atom is 0.257 e. The molecule has 3 rings (SSSR count). The number of carbonyl (C=O) groups excluding carboxylic acids is 2. The summed E-state index contributed by atoms with van der Waals surface area (Å²) in [5.74, 6) is 0.933. The van der Waals surface area contributed by atoms with Crippen LogP contribution in [0.3, 0.4) is 0 Å². The van der Waals surface area contributed by atoms with E-state index in [1.807, 2.05) is 16.7 Å². The van der Waals surface area contributed by atoms with E-state index < -0.39 is 0 Å². The monoisotopic (exact) mass is 360 g/mol. The highest BCUT2D eigenvalue weighted by Crippen LogP contribution is 2.39. The van der Waals surface area contributed by atoms with Crippen LogP contribution in [0.1, 0.15) is 48.8 Å². The van der Waals surface area contributed by atoms with E-state index in [9.17, 15) is 9.59 Å². The van der Waals surface area contributed by atoms with Crippen LogP contribution in [0.25, 0.3) is 0 Å². The Morgan fingerprint density at radius 2 is 2.04 bits per heavy atom. The largest absolute Gasteiger partial charge is 0.383 e. The van der Waals surface area contributed by atoms with Crippen LogP contribution in [-0.2, 0) is 16.0 Å². The van der Waals surface area contributed by atoms with Crippen molar-refractivity contribution < 1.29 is 14.3 Å². The number of piperidine rings is 2.